The predicted octanol–water partition coefficient (Wildman–Crippen LogP) is 2.05. The van der Waals surface area contributed by atoms with Gasteiger partial charge in [0.25, 0.3) is 5.91 Å². The number of carbonyl (C=O) groups is 1. The molecule has 2 fully saturated rings. The lowest BCUT2D eigenvalue weighted by atomic mass is 9.80. The molecule has 1 saturated carbocycles. The van der Waals surface area contributed by atoms with Gasteiger partial charge in [0.2, 0.25) is 0 Å². The Hall–Kier alpha value is -1.62. The zero-order valence-corrected chi connectivity index (χ0v) is 14.4. The molecule has 1 aliphatic carbocycles. The Balaban J connectivity index is 1.52. The van der Waals surface area contributed by atoms with Crippen LogP contribution in [0.4, 0.5) is 5.69 Å². The lowest BCUT2D eigenvalue weighted by Crippen LogP contribution is -2.44. The highest BCUT2D eigenvalue weighted by atomic mass is 16.1. The molecule has 2 heterocycles. The Morgan fingerprint density at radius 1 is 1.39 bits per heavy atom. The summed E-state index contributed by atoms with van der Waals surface area (Å²) in [6, 6.07) is 4.56. The molecule has 0 radical (unpaired) electrons. The molecule has 126 valence electrons. The van der Waals surface area contributed by atoms with Crippen LogP contribution >= 0.6 is 0 Å². The van der Waals surface area contributed by atoms with Gasteiger partial charge in [-0.05, 0) is 42.7 Å². The number of rotatable bonds is 5. The zero-order valence-electron chi connectivity index (χ0n) is 14.4. The Morgan fingerprint density at radius 3 is 2.61 bits per heavy atom. The summed E-state index contributed by atoms with van der Waals surface area (Å²) in [6.45, 7) is 7.96. The van der Waals surface area contributed by atoms with E-state index in [0.29, 0.717) is 11.1 Å². The number of anilines is 1. The molecule has 0 bridgehead atoms. The highest BCUT2D eigenvalue weighted by Crippen LogP contribution is 2.35. The maximum absolute atomic E-state index is 11.5. The number of amides is 1. The van der Waals surface area contributed by atoms with Crippen molar-refractivity contribution in [3.05, 3.63) is 24.0 Å². The van der Waals surface area contributed by atoms with Crippen molar-refractivity contribution in [2.24, 2.45) is 11.3 Å². The highest BCUT2D eigenvalue weighted by molar-refractivity contribution is 5.92. The fraction of sp³-hybridized carbons (Fsp3) is 0.667. The number of aromatic nitrogens is 1. The summed E-state index contributed by atoms with van der Waals surface area (Å²) in [4.78, 5) is 18.2. The lowest BCUT2D eigenvalue weighted by molar-refractivity contribution is 0.0958. The van der Waals surface area contributed by atoms with E-state index in [1.807, 2.05) is 12.3 Å². The number of piperidine rings is 1. The first-order valence-corrected chi connectivity index (χ1v) is 8.67. The van der Waals surface area contributed by atoms with Gasteiger partial charge in [0.15, 0.2) is 0 Å². The molecular weight excluding hydrogens is 288 g/mol. The molecule has 3 rings (SSSR count). The molecule has 1 aromatic rings. The average molecular weight is 316 g/mol. The van der Waals surface area contributed by atoms with E-state index in [0.717, 1.165) is 37.3 Å². The molecule has 2 aliphatic rings. The minimum atomic E-state index is -0.136. The van der Waals surface area contributed by atoms with Gasteiger partial charge in [0, 0.05) is 32.7 Å². The summed E-state index contributed by atoms with van der Waals surface area (Å²) in [5.74, 6) is 0.728. The molecule has 0 unspecified atom stereocenters. The van der Waals surface area contributed by atoms with Crippen LogP contribution in [-0.4, -0.2) is 43.6 Å². The number of hydrogen-bond donors (Lipinski definition) is 2. The molecule has 2 N–H and O–H groups in total. The van der Waals surface area contributed by atoms with Crippen molar-refractivity contribution >= 4 is 11.6 Å². The van der Waals surface area contributed by atoms with E-state index in [1.54, 1.807) is 13.1 Å². The molecule has 0 spiro atoms. The van der Waals surface area contributed by atoms with E-state index in [-0.39, 0.29) is 5.91 Å². The van der Waals surface area contributed by atoms with Crippen LogP contribution in [0, 0.1) is 11.3 Å². The van der Waals surface area contributed by atoms with Crippen molar-refractivity contribution < 1.29 is 4.79 Å². The number of carbonyl (C=O) groups excluding carboxylic acids is 1. The van der Waals surface area contributed by atoms with Gasteiger partial charge >= 0.3 is 0 Å². The third-order valence-corrected chi connectivity index (χ3v) is 5.44. The Labute approximate surface area is 138 Å². The molecule has 23 heavy (non-hydrogen) atoms. The molecule has 1 aliphatic heterocycles. The summed E-state index contributed by atoms with van der Waals surface area (Å²) >= 11 is 0. The number of nitrogens with zero attached hydrogens (tertiary/aromatic N) is 2. The fourth-order valence-electron chi connectivity index (χ4n) is 3.30. The second-order valence-electron chi connectivity index (χ2n) is 7.48. The van der Waals surface area contributed by atoms with Crippen molar-refractivity contribution in [2.45, 2.75) is 39.2 Å². The van der Waals surface area contributed by atoms with Crippen LogP contribution in [0.25, 0.3) is 0 Å². The summed E-state index contributed by atoms with van der Waals surface area (Å²) in [6.07, 6.45) is 5.54. The van der Waals surface area contributed by atoms with Gasteiger partial charge in [-0.1, -0.05) is 13.8 Å². The maximum Gasteiger partial charge on any atom is 0.269 e. The van der Waals surface area contributed by atoms with Crippen LogP contribution < -0.4 is 15.5 Å². The van der Waals surface area contributed by atoms with E-state index in [9.17, 15) is 4.79 Å². The molecule has 5 nitrogen and oxygen atoms in total. The monoisotopic (exact) mass is 316 g/mol. The first-order valence-electron chi connectivity index (χ1n) is 8.67. The largest absolute Gasteiger partial charge is 0.370 e. The van der Waals surface area contributed by atoms with Crippen LogP contribution in [0.1, 0.15) is 43.6 Å². The second-order valence-corrected chi connectivity index (χ2v) is 7.48. The summed E-state index contributed by atoms with van der Waals surface area (Å²) in [5, 5.41) is 6.32. The fourth-order valence-corrected chi connectivity index (χ4v) is 3.30. The number of nitrogens with one attached hydrogen (secondary N) is 2. The molecule has 5 heteroatoms. The molecule has 1 saturated heterocycles. The molecule has 2 atom stereocenters. The zero-order chi connectivity index (χ0) is 16.4. The second kappa shape index (κ2) is 6.48. The van der Waals surface area contributed by atoms with Gasteiger partial charge in [-0.25, -0.2) is 4.98 Å². The van der Waals surface area contributed by atoms with Crippen LogP contribution in [0.15, 0.2) is 18.3 Å². The van der Waals surface area contributed by atoms with E-state index in [4.69, 9.17) is 0 Å². The summed E-state index contributed by atoms with van der Waals surface area (Å²) < 4.78 is 0. The first kappa shape index (κ1) is 16.2. The van der Waals surface area contributed by atoms with Crippen molar-refractivity contribution in [2.75, 3.05) is 31.6 Å². The molecule has 0 aromatic carbocycles. The standard InChI is InChI=1S/C18H28N4O/c1-13-10-16(13)21-12-18(2)6-8-22(9-7-18)14-4-5-15(20-11-14)17(23)19-3/h4-5,11,13,16,21H,6-10,12H2,1-3H3,(H,19,23)/t13-,16-/m1/s1. The normalized spacial score (nSPS) is 26.0. The van der Waals surface area contributed by atoms with E-state index >= 15 is 0 Å². The first-order chi connectivity index (χ1) is 11.0. The minimum absolute atomic E-state index is 0.136. The highest BCUT2D eigenvalue weighted by Gasteiger charge is 2.36. The average Bonchev–Trinajstić information content (AvgIpc) is 3.29. The van der Waals surface area contributed by atoms with Gasteiger partial charge in [0.1, 0.15) is 5.69 Å². The molecular formula is C18H28N4O. The van der Waals surface area contributed by atoms with E-state index < -0.39 is 0 Å². The van der Waals surface area contributed by atoms with Crippen molar-refractivity contribution in [3.63, 3.8) is 0 Å². The maximum atomic E-state index is 11.5. The van der Waals surface area contributed by atoms with Crippen LogP contribution in [0.3, 0.4) is 0 Å². The quantitative estimate of drug-likeness (QED) is 0.873. The van der Waals surface area contributed by atoms with Gasteiger partial charge in [-0.2, -0.15) is 0 Å². The van der Waals surface area contributed by atoms with E-state index in [2.05, 4.69) is 34.4 Å². The van der Waals surface area contributed by atoms with Gasteiger partial charge in [-0.15, -0.1) is 0 Å². The number of hydrogen-bond acceptors (Lipinski definition) is 4. The Morgan fingerprint density at radius 2 is 2.09 bits per heavy atom. The minimum Gasteiger partial charge on any atom is -0.370 e. The SMILES string of the molecule is CNC(=O)c1ccc(N2CCC(C)(CN[C@@H]3C[C@H]3C)CC2)cn1. The topological polar surface area (TPSA) is 57.3 Å². The van der Waals surface area contributed by atoms with Crippen molar-refractivity contribution in [1.82, 2.24) is 15.6 Å². The Bertz CT molecular complexity index is 549. The van der Waals surface area contributed by atoms with Crippen LogP contribution in [0.2, 0.25) is 0 Å². The lowest BCUT2D eigenvalue weighted by Gasteiger charge is -2.40. The molecule has 1 amide bonds. The summed E-state index contributed by atoms with van der Waals surface area (Å²) in [5.41, 5.74) is 1.98. The van der Waals surface area contributed by atoms with E-state index in [1.165, 1.54) is 19.3 Å². The smallest absolute Gasteiger partial charge is 0.269 e. The number of pyridine rings is 1. The third-order valence-electron chi connectivity index (χ3n) is 5.44. The van der Waals surface area contributed by atoms with Gasteiger partial charge in [0.05, 0.1) is 11.9 Å². The van der Waals surface area contributed by atoms with Crippen LogP contribution in [-0.2, 0) is 0 Å². The van der Waals surface area contributed by atoms with Crippen LogP contribution in [0.5, 0.6) is 0 Å². The molecule has 1 aromatic heterocycles. The van der Waals surface area contributed by atoms with Gasteiger partial charge in [-0.3, -0.25) is 4.79 Å². The van der Waals surface area contributed by atoms with Crippen molar-refractivity contribution in [1.29, 1.82) is 0 Å². The van der Waals surface area contributed by atoms with Crippen molar-refractivity contribution in [3.8, 4) is 0 Å². The Kier molecular flexibility index (Phi) is 4.57. The predicted molar refractivity (Wildman–Crippen MR) is 92.8 cm³/mol. The van der Waals surface area contributed by atoms with Gasteiger partial charge < -0.3 is 15.5 Å². The third kappa shape index (κ3) is 3.83. The summed E-state index contributed by atoms with van der Waals surface area (Å²) in [7, 11) is 1.62.